The van der Waals surface area contributed by atoms with Gasteiger partial charge in [-0.25, -0.2) is 0 Å². The lowest BCUT2D eigenvalue weighted by Crippen LogP contribution is -2.18. The molecule has 0 spiro atoms. The highest BCUT2D eigenvalue weighted by atomic mass is 32.2. The zero-order chi connectivity index (χ0) is 10.6. The number of ether oxygens (including phenoxy) is 1. The van der Waals surface area contributed by atoms with Crippen LogP contribution in [0.2, 0.25) is 0 Å². The lowest BCUT2D eigenvalue weighted by Gasteiger charge is -2.10. The molecule has 0 bridgehead atoms. The van der Waals surface area contributed by atoms with E-state index >= 15 is 0 Å². The summed E-state index contributed by atoms with van der Waals surface area (Å²) < 4.78 is 5.33. The number of hydrogen-bond acceptors (Lipinski definition) is 3. The fraction of sp³-hybridized carbons (Fsp3) is 1.00. The van der Waals surface area contributed by atoms with Crippen molar-refractivity contribution >= 4 is 11.8 Å². The molecule has 0 saturated heterocycles. The zero-order valence-corrected chi connectivity index (χ0v) is 10.3. The van der Waals surface area contributed by atoms with Gasteiger partial charge in [-0.1, -0.05) is 26.7 Å². The molecule has 0 unspecified atom stereocenters. The van der Waals surface area contributed by atoms with Crippen molar-refractivity contribution in [2.24, 2.45) is 0 Å². The zero-order valence-electron chi connectivity index (χ0n) is 9.50. The molecule has 0 aliphatic carbocycles. The summed E-state index contributed by atoms with van der Waals surface area (Å²) in [6.45, 7) is 5.61. The molecular formula is C11H24O2S. The van der Waals surface area contributed by atoms with Crippen molar-refractivity contribution in [2.45, 2.75) is 45.6 Å². The van der Waals surface area contributed by atoms with Crippen LogP contribution < -0.4 is 0 Å². The summed E-state index contributed by atoms with van der Waals surface area (Å²) in [5.74, 6) is 1.97. The van der Waals surface area contributed by atoms with Gasteiger partial charge in [0.25, 0.3) is 0 Å². The Morgan fingerprint density at radius 2 is 1.93 bits per heavy atom. The Kier molecular flexibility index (Phi) is 11.6. The van der Waals surface area contributed by atoms with Crippen molar-refractivity contribution in [1.82, 2.24) is 0 Å². The van der Waals surface area contributed by atoms with Crippen molar-refractivity contribution in [1.29, 1.82) is 0 Å². The van der Waals surface area contributed by atoms with E-state index in [9.17, 15) is 5.11 Å². The average molecular weight is 220 g/mol. The van der Waals surface area contributed by atoms with Crippen LogP contribution >= 0.6 is 11.8 Å². The van der Waals surface area contributed by atoms with Crippen LogP contribution in [0, 0.1) is 0 Å². The molecule has 3 heteroatoms. The van der Waals surface area contributed by atoms with E-state index in [2.05, 4.69) is 13.8 Å². The van der Waals surface area contributed by atoms with Crippen molar-refractivity contribution in [3.05, 3.63) is 0 Å². The van der Waals surface area contributed by atoms with Crippen LogP contribution in [-0.2, 0) is 4.74 Å². The van der Waals surface area contributed by atoms with Gasteiger partial charge in [0.1, 0.15) is 0 Å². The van der Waals surface area contributed by atoms with E-state index < -0.39 is 0 Å². The predicted octanol–water partition coefficient (Wildman–Crippen LogP) is 2.70. The second-order valence-corrected chi connectivity index (χ2v) is 4.66. The molecule has 0 aliphatic rings. The van der Waals surface area contributed by atoms with Gasteiger partial charge < -0.3 is 9.84 Å². The van der Waals surface area contributed by atoms with Crippen molar-refractivity contribution in [3.63, 3.8) is 0 Å². The minimum Gasteiger partial charge on any atom is -0.390 e. The van der Waals surface area contributed by atoms with E-state index in [1.165, 1.54) is 12.8 Å². The van der Waals surface area contributed by atoms with Gasteiger partial charge >= 0.3 is 0 Å². The second kappa shape index (κ2) is 11.3. The molecule has 86 valence electrons. The first-order valence-corrected chi connectivity index (χ1v) is 6.80. The van der Waals surface area contributed by atoms with Gasteiger partial charge in [-0.15, -0.1) is 0 Å². The van der Waals surface area contributed by atoms with Crippen LogP contribution in [0.25, 0.3) is 0 Å². The first kappa shape index (κ1) is 14.3. The molecule has 14 heavy (non-hydrogen) atoms. The van der Waals surface area contributed by atoms with Gasteiger partial charge in [-0.2, -0.15) is 11.8 Å². The molecule has 0 fully saturated rings. The largest absolute Gasteiger partial charge is 0.390 e. The number of unbranched alkanes of at least 4 members (excludes halogenated alkanes) is 2. The van der Waals surface area contributed by atoms with E-state index in [0.717, 1.165) is 31.0 Å². The standard InChI is InChI=1S/C11H24O2S/c1-3-5-7-13-9-11(12)10-14-8-6-4-2/h11-12H,3-10H2,1-2H3/t11-/m0/s1. The Bertz CT molecular complexity index is 97.5. The number of aliphatic hydroxyl groups is 1. The van der Waals surface area contributed by atoms with Crippen LogP contribution in [0.3, 0.4) is 0 Å². The SMILES string of the molecule is CCCCOC[C@H](O)CSCCCC. The van der Waals surface area contributed by atoms with E-state index in [-0.39, 0.29) is 6.10 Å². The Balaban J connectivity index is 3.07. The van der Waals surface area contributed by atoms with Crippen LogP contribution in [0.4, 0.5) is 0 Å². The number of rotatable bonds is 10. The lowest BCUT2D eigenvalue weighted by molar-refractivity contribution is 0.0473. The molecule has 1 atom stereocenters. The van der Waals surface area contributed by atoms with Gasteiger partial charge in [0.05, 0.1) is 12.7 Å². The summed E-state index contributed by atoms with van der Waals surface area (Å²) in [4.78, 5) is 0. The normalized spacial score (nSPS) is 13.1. The van der Waals surface area contributed by atoms with Gasteiger partial charge in [0.2, 0.25) is 0 Å². The highest BCUT2D eigenvalue weighted by Crippen LogP contribution is 2.06. The monoisotopic (exact) mass is 220 g/mol. The van der Waals surface area contributed by atoms with Crippen LogP contribution in [0.15, 0.2) is 0 Å². The molecule has 2 nitrogen and oxygen atoms in total. The second-order valence-electron chi connectivity index (χ2n) is 3.51. The molecule has 0 aromatic carbocycles. The minimum atomic E-state index is -0.284. The van der Waals surface area contributed by atoms with E-state index in [0.29, 0.717) is 6.61 Å². The molecule has 0 aromatic heterocycles. The predicted molar refractivity (Wildman–Crippen MR) is 64.0 cm³/mol. The molecule has 0 aromatic rings. The molecule has 0 heterocycles. The summed E-state index contributed by atoms with van der Waals surface area (Å²) in [7, 11) is 0. The topological polar surface area (TPSA) is 29.5 Å². The van der Waals surface area contributed by atoms with Crippen molar-refractivity contribution in [2.75, 3.05) is 24.7 Å². The Labute approximate surface area is 92.4 Å². The maximum Gasteiger partial charge on any atom is 0.0863 e. The summed E-state index contributed by atoms with van der Waals surface area (Å²) in [5, 5.41) is 9.50. The summed E-state index contributed by atoms with van der Waals surface area (Å²) in [6.07, 6.45) is 4.44. The third-order valence-corrected chi connectivity index (χ3v) is 3.10. The fourth-order valence-corrected chi connectivity index (χ4v) is 2.01. The first-order valence-electron chi connectivity index (χ1n) is 5.64. The van der Waals surface area contributed by atoms with E-state index in [4.69, 9.17) is 4.74 Å². The van der Waals surface area contributed by atoms with Crippen molar-refractivity contribution in [3.8, 4) is 0 Å². The highest BCUT2D eigenvalue weighted by Gasteiger charge is 2.03. The third-order valence-electron chi connectivity index (χ3n) is 1.90. The van der Waals surface area contributed by atoms with Gasteiger partial charge in [-0.05, 0) is 18.6 Å². The molecule has 0 rings (SSSR count). The molecular weight excluding hydrogens is 196 g/mol. The maximum atomic E-state index is 9.50. The molecule has 0 saturated carbocycles. The lowest BCUT2D eigenvalue weighted by atomic mass is 10.3. The summed E-state index contributed by atoms with van der Waals surface area (Å²) in [5.41, 5.74) is 0. The third kappa shape index (κ3) is 10.4. The molecule has 0 aliphatic heterocycles. The maximum absolute atomic E-state index is 9.50. The van der Waals surface area contributed by atoms with E-state index in [1.807, 2.05) is 11.8 Å². The van der Waals surface area contributed by atoms with E-state index in [1.54, 1.807) is 0 Å². The number of hydrogen-bond donors (Lipinski definition) is 1. The summed E-state index contributed by atoms with van der Waals surface area (Å²) >= 11 is 1.82. The highest BCUT2D eigenvalue weighted by molar-refractivity contribution is 7.99. The Morgan fingerprint density at radius 1 is 1.21 bits per heavy atom. The van der Waals surface area contributed by atoms with Crippen molar-refractivity contribution < 1.29 is 9.84 Å². The van der Waals surface area contributed by atoms with Gasteiger partial charge in [-0.3, -0.25) is 0 Å². The number of thioether (sulfide) groups is 1. The average Bonchev–Trinajstić information content (AvgIpc) is 2.19. The Hall–Kier alpha value is 0.270. The fourth-order valence-electron chi connectivity index (χ4n) is 0.980. The van der Waals surface area contributed by atoms with Crippen LogP contribution in [0.5, 0.6) is 0 Å². The van der Waals surface area contributed by atoms with Gasteiger partial charge in [0, 0.05) is 12.4 Å². The molecule has 0 amide bonds. The Morgan fingerprint density at radius 3 is 2.57 bits per heavy atom. The number of aliphatic hydroxyl groups excluding tert-OH is 1. The molecule has 1 N–H and O–H groups in total. The van der Waals surface area contributed by atoms with Crippen LogP contribution in [0.1, 0.15) is 39.5 Å². The minimum absolute atomic E-state index is 0.284. The summed E-state index contributed by atoms with van der Waals surface area (Å²) in [6, 6.07) is 0. The quantitative estimate of drug-likeness (QED) is 0.574. The van der Waals surface area contributed by atoms with Crippen LogP contribution in [-0.4, -0.2) is 35.9 Å². The first-order chi connectivity index (χ1) is 6.81. The van der Waals surface area contributed by atoms with Gasteiger partial charge in [0.15, 0.2) is 0 Å². The smallest absolute Gasteiger partial charge is 0.0863 e. The molecule has 0 radical (unpaired) electrons.